The van der Waals surface area contributed by atoms with Gasteiger partial charge in [-0.25, -0.2) is 0 Å². The number of hydrogen-bond acceptors (Lipinski definition) is 3. The molecule has 94 valence electrons. The summed E-state index contributed by atoms with van der Waals surface area (Å²) in [5, 5.41) is 0. The van der Waals surface area contributed by atoms with Gasteiger partial charge in [0.2, 0.25) is 11.6 Å². The first kappa shape index (κ1) is 12.1. The van der Waals surface area contributed by atoms with Crippen molar-refractivity contribution in [1.29, 1.82) is 0 Å². The monoisotopic (exact) mass is 250 g/mol. The van der Waals surface area contributed by atoms with Crippen molar-refractivity contribution in [3.05, 3.63) is 23.5 Å². The lowest BCUT2D eigenvalue weighted by atomic mass is 10.3. The number of methoxy groups -OCH3 is 1. The third kappa shape index (κ3) is 2.06. The van der Waals surface area contributed by atoms with Gasteiger partial charge in [0.05, 0.1) is 6.10 Å². The Morgan fingerprint density at radius 3 is 2.24 bits per heavy atom. The molecule has 1 aliphatic rings. The zero-order valence-electron chi connectivity index (χ0n) is 9.01. The predicted molar refractivity (Wildman–Crippen MR) is 51.7 cm³/mol. The summed E-state index contributed by atoms with van der Waals surface area (Å²) >= 11 is 0. The molecule has 1 aliphatic heterocycles. The number of anilines is 1. The SMILES string of the molecule is COC1CCN(c2c(F)c(F)nc(F)c2F)C1. The molecular formula is C10H10F4N2O. The van der Waals surface area contributed by atoms with Crippen LogP contribution < -0.4 is 4.90 Å². The molecular weight excluding hydrogens is 240 g/mol. The van der Waals surface area contributed by atoms with Crippen LogP contribution in [0.4, 0.5) is 23.2 Å². The summed E-state index contributed by atoms with van der Waals surface area (Å²) in [6.07, 6.45) is 0.342. The van der Waals surface area contributed by atoms with Crippen molar-refractivity contribution in [2.75, 3.05) is 25.1 Å². The molecule has 0 saturated carbocycles. The van der Waals surface area contributed by atoms with Crippen LogP contribution in [0.15, 0.2) is 0 Å². The fourth-order valence-electron chi connectivity index (χ4n) is 1.88. The van der Waals surface area contributed by atoms with Gasteiger partial charge in [-0.3, -0.25) is 0 Å². The van der Waals surface area contributed by atoms with Crippen molar-refractivity contribution in [2.45, 2.75) is 12.5 Å². The van der Waals surface area contributed by atoms with E-state index in [-0.39, 0.29) is 19.2 Å². The standard InChI is InChI=1S/C10H10F4N2O/c1-17-5-2-3-16(4-5)8-6(11)9(13)15-10(14)7(8)12/h5H,2-4H2,1H3. The van der Waals surface area contributed by atoms with Gasteiger partial charge in [-0.15, -0.1) is 0 Å². The molecule has 1 aromatic heterocycles. The number of ether oxygens (including phenoxy) is 1. The Hall–Kier alpha value is -1.37. The van der Waals surface area contributed by atoms with E-state index >= 15 is 0 Å². The average molecular weight is 250 g/mol. The molecule has 1 aromatic rings. The Morgan fingerprint density at radius 1 is 1.18 bits per heavy atom. The number of rotatable bonds is 2. The average Bonchev–Trinajstić information content (AvgIpc) is 2.75. The van der Waals surface area contributed by atoms with Crippen molar-refractivity contribution in [1.82, 2.24) is 4.98 Å². The largest absolute Gasteiger partial charge is 0.380 e. The molecule has 0 spiro atoms. The van der Waals surface area contributed by atoms with Crippen molar-refractivity contribution >= 4 is 5.69 Å². The maximum atomic E-state index is 13.4. The first-order chi connectivity index (χ1) is 8.04. The first-order valence-corrected chi connectivity index (χ1v) is 5.02. The maximum absolute atomic E-state index is 13.4. The van der Waals surface area contributed by atoms with Crippen molar-refractivity contribution in [2.24, 2.45) is 0 Å². The quantitative estimate of drug-likeness (QED) is 0.591. The smallest absolute Gasteiger partial charge is 0.253 e. The van der Waals surface area contributed by atoms with Crippen LogP contribution in [0, 0.1) is 23.5 Å². The topological polar surface area (TPSA) is 25.4 Å². The summed E-state index contributed by atoms with van der Waals surface area (Å²) in [5.41, 5.74) is -0.713. The summed E-state index contributed by atoms with van der Waals surface area (Å²) in [7, 11) is 1.47. The number of hydrogen-bond donors (Lipinski definition) is 0. The molecule has 0 aromatic carbocycles. The van der Waals surface area contributed by atoms with Gasteiger partial charge in [-0.05, 0) is 6.42 Å². The molecule has 1 fully saturated rings. The molecule has 0 radical (unpaired) electrons. The number of halogens is 4. The molecule has 1 atom stereocenters. The van der Waals surface area contributed by atoms with Crippen molar-refractivity contribution < 1.29 is 22.3 Å². The number of aromatic nitrogens is 1. The van der Waals surface area contributed by atoms with Crippen molar-refractivity contribution in [3.63, 3.8) is 0 Å². The van der Waals surface area contributed by atoms with Crippen molar-refractivity contribution in [3.8, 4) is 0 Å². The normalized spacial score (nSPS) is 20.1. The van der Waals surface area contributed by atoms with Crippen LogP contribution >= 0.6 is 0 Å². The van der Waals surface area contributed by atoms with Gasteiger partial charge in [0.1, 0.15) is 5.69 Å². The highest BCUT2D eigenvalue weighted by Crippen LogP contribution is 2.29. The molecule has 2 rings (SSSR count). The highest BCUT2D eigenvalue weighted by atomic mass is 19.2. The molecule has 17 heavy (non-hydrogen) atoms. The predicted octanol–water partition coefficient (Wildman–Crippen LogP) is 1.86. The van der Waals surface area contributed by atoms with Crippen LogP contribution in [0.3, 0.4) is 0 Å². The van der Waals surface area contributed by atoms with Gasteiger partial charge in [0.15, 0.2) is 0 Å². The highest BCUT2D eigenvalue weighted by molar-refractivity contribution is 5.49. The Kier molecular flexibility index (Phi) is 3.19. The van der Waals surface area contributed by atoms with Crippen LogP contribution in [-0.2, 0) is 4.74 Å². The minimum atomic E-state index is -1.64. The number of pyridine rings is 1. The van der Waals surface area contributed by atoms with Gasteiger partial charge in [0.25, 0.3) is 11.9 Å². The Labute approximate surface area is 95.0 Å². The van der Waals surface area contributed by atoms with Crippen LogP contribution in [0.5, 0.6) is 0 Å². The minimum Gasteiger partial charge on any atom is -0.380 e. The van der Waals surface area contributed by atoms with Gasteiger partial charge >= 0.3 is 0 Å². The zero-order chi connectivity index (χ0) is 12.6. The highest BCUT2D eigenvalue weighted by Gasteiger charge is 2.30. The third-order valence-corrected chi connectivity index (χ3v) is 2.77. The Morgan fingerprint density at radius 2 is 1.76 bits per heavy atom. The zero-order valence-corrected chi connectivity index (χ0v) is 9.01. The van der Waals surface area contributed by atoms with E-state index in [0.717, 1.165) is 0 Å². The summed E-state index contributed by atoms with van der Waals surface area (Å²) in [5.74, 6) is -6.22. The molecule has 1 saturated heterocycles. The summed E-state index contributed by atoms with van der Waals surface area (Å²) in [4.78, 5) is 3.72. The number of nitrogens with zero attached hydrogens (tertiary/aromatic N) is 2. The van der Waals surface area contributed by atoms with E-state index in [9.17, 15) is 17.6 Å². The molecule has 1 unspecified atom stereocenters. The lowest BCUT2D eigenvalue weighted by molar-refractivity contribution is 0.121. The van der Waals surface area contributed by atoms with E-state index in [0.29, 0.717) is 6.42 Å². The fraction of sp³-hybridized carbons (Fsp3) is 0.500. The minimum absolute atomic E-state index is 0.188. The van der Waals surface area contributed by atoms with Gasteiger partial charge in [-0.2, -0.15) is 22.5 Å². The molecule has 0 bridgehead atoms. The second-order valence-corrected chi connectivity index (χ2v) is 3.76. The van der Waals surface area contributed by atoms with Crippen LogP contribution in [0.1, 0.15) is 6.42 Å². The lowest BCUT2D eigenvalue weighted by Crippen LogP contribution is -2.25. The Bertz CT molecular complexity index is 415. The summed E-state index contributed by atoms with van der Waals surface area (Å²) in [6, 6.07) is 0. The second-order valence-electron chi connectivity index (χ2n) is 3.76. The van der Waals surface area contributed by atoms with Crippen LogP contribution in [0.25, 0.3) is 0 Å². The lowest BCUT2D eigenvalue weighted by Gasteiger charge is -2.19. The van der Waals surface area contributed by atoms with E-state index in [1.165, 1.54) is 12.0 Å². The van der Waals surface area contributed by atoms with E-state index < -0.39 is 29.2 Å². The van der Waals surface area contributed by atoms with Crippen LogP contribution in [-0.4, -0.2) is 31.3 Å². The second kappa shape index (κ2) is 4.48. The molecule has 7 heteroatoms. The van der Waals surface area contributed by atoms with Gasteiger partial charge in [-0.1, -0.05) is 0 Å². The van der Waals surface area contributed by atoms with E-state index in [1.54, 1.807) is 0 Å². The van der Waals surface area contributed by atoms with Gasteiger partial charge < -0.3 is 9.64 Å². The van der Waals surface area contributed by atoms with E-state index in [2.05, 4.69) is 4.98 Å². The molecule has 0 N–H and O–H groups in total. The fourth-order valence-corrected chi connectivity index (χ4v) is 1.88. The summed E-state index contributed by atoms with van der Waals surface area (Å²) in [6.45, 7) is 0.461. The van der Waals surface area contributed by atoms with E-state index in [1.807, 2.05) is 0 Å². The van der Waals surface area contributed by atoms with Crippen LogP contribution in [0.2, 0.25) is 0 Å². The maximum Gasteiger partial charge on any atom is 0.253 e. The molecule has 0 amide bonds. The molecule has 2 heterocycles. The summed E-state index contributed by atoms with van der Waals surface area (Å²) < 4.78 is 57.6. The Balaban J connectivity index is 2.38. The van der Waals surface area contributed by atoms with Gasteiger partial charge in [0, 0.05) is 20.2 Å². The first-order valence-electron chi connectivity index (χ1n) is 5.02. The molecule has 0 aliphatic carbocycles. The third-order valence-electron chi connectivity index (χ3n) is 2.77. The van der Waals surface area contributed by atoms with E-state index in [4.69, 9.17) is 4.74 Å². The molecule has 3 nitrogen and oxygen atoms in total.